The zero-order valence-corrected chi connectivity index (χ0v) is 12.6. The summed E-state index contributed by atoms with van der Waals surface area (Å²) in [5, 5.41) is 9.61. The minimum atomic E-state index is -0.840. The zero-order chi connectivity index (χ0) is 15.4. The number of carbonyl (C=O) groups is 2. The molecule has 1 aliphatic rings. The molecule has 0 spiro atoms. The van der Waals surface area contributed by atoms with E-state index in [0.29, 0.717) is 29.3 Å². The van der Waals surface area contributed by atoms with Crippen molar-refractivity contribution in [2.24, 2.45) is 5.92 Å². The first kappa shape index (κ1) is 15.6. The fourth-order valence-electron chi connectivity index (χ4n) is 2.57. The van der Waals surface area contributed by atoms with Crippen LogP contribution in [-0.4, -0.2) is 42.1 Å². The van der Waals surface area contributed by atoms with Crippen molar-refractivity contribution in [2.45, 2.75) is 19.3 Å². The van der Waals surface area contributed by atoms with E-state index in [-0.39, 0.29) is 18.9 Å². The number of carboxylic acid groups (broad SMARTS) is 1. The molecular formula is C15H18ClNO4. The Morgan fingerprint density at radius 2 is 2.24 bits per heavy atom. The van der Waals surface area contributed by atoms with Gasteiger partial charge in [0.1, 0.15) is 5.75 Å². The molecule has 0 aliphatic carbocycles. The van der Waals surface area contributed by atoms with Gasteiger partial charge in [-0.2, -0.15) is 0 Å². The summed E-state index contributed by atoms with van der Waals surface area (Å²) in [6.07, 6.45) is 1.51. The number of piperidine rings is 1. The highest BCUT2D eigenvalue weighted by atomic mass is 35.5. The third kappa shape index (κ3) is 3.88. The Hall–Kier alpha value is -1.75. The predicted molar refractivity (Wildman–Crippen MR) is 78.6 cm³/mol. The molecule has 1 fully saturated rings. The monoisotopic (exact) mass is 311 g/mol. The number of hydrogen-bond donors (Lipinski definition) is 1. The average molecular weight is 312 g/mol. The first-order chi connectivity index (χ1) is 10.0. The molecule has 0 aromatic heterocycles. The van der Waals surface area contributed by atoms with E-state index in [2.05, 4.69) is 0 Å². The number of carbonyl (C=O) groups excluding carboxylic acids is 1. The Kier molecular flexibility index (Phi) is 5.07. The highest BCUT2D eigenvalue weighted by Gasteiger charge is 2.28. The molecule has 114 valence electrons. The van der Waals surface area contributed by atoms with Crippen LogP contribution in [0.2, 0.25) is 5.02 Å². The van der Waals surface area contributed by atoms with Gasteiger partial charge >= 0.3 is 5.97 Å². The maximum atomic E-state index is 12.3. The summed E-state index contributed by atoms with van der Waals surface area (Å²) in [5.41, 5.74) is 0.715. The van der Waals surface area contributed by atoms with Crippen molar-refractivity contribution in [2.75, 3.05) is 20.2 Å². The lowest BCUT2D eigenvalue weighted by atomic mass is 9.97. The van der Waals surface area contributed by atoms with Crippen LogP contribution in [0, 0.1) is 5.92 Å². The molecule has 0 bridgehead atoms. The fraction of sp³-hybridized carbons (Fsp3) is 0.467. The molecule has 1 atom stereocenters. The lowest BCUT2D eigenvalue weighted by Gasteiger charge is -2.31. The summed E-state index contributed by atoms with van der Waals surface area (Å²) in [6.45, 7) is 0.878. The number of benzene rings is 1. The maximum absolute atomic E-state index is 12.3. The number of ether oxygens (including phenoxy) is 1. The molecule has 6 heteroatoms. The Balaban J connectivity index is 2.07. The molecule has 1 aromatic carbocycles. The normalized spacial score (nSPS) is 18.4. The van der Waals surface area contributed by atoms with Gasteiger partial charge in [-0.1, -0.05) is 11.6 Å². The van der Waals surface area contributed by atoms with Gasteiger partial charge in [0.2, 0.25) is 5.91 Å². The van der Waals surface area contributed by atoms with E-state index in [1.165, 1.54) is 0 Å². The lowest BCUT2D eigenvalue weighted by molar-refractivity contribution is -0.145. The Bertz CT molecular complexity index is 546. The number of halogens is 1. The molecule has 1 saturated heterocycles. The molecule has 21 heavy (non-hydrogen) atoms. The second-order valence-corrected chi connectivity index (χ2v) is 5.59. The smallest absolute Gasteiger partial charge is 0.308 e. The summed E-state index contributed by atoms with van der Waals surface area (Å²) in [5.74, 6) is -0.794. The molecule has 0 radical (unpaired) electrons. The topological polar surface area (TPSA) is 66.8 Å². The highest BCUT2D eigenvalue weighted by molar-refractivity contribution is 6.30. The average Bonchev–Trinajstić information content (AvgIpc) is 2.47. The fourth-order valence-corrected chi connectivity index (χ4v) is 2.76. The second-order valence-electron chi connectivity index (χ2n) is 5.15. The van der Waals surface area contributed by atoms with Gasteiger partial charge in [0.05, 0.1) is 19.4 Å². The van der Waals surface area contributed by atoms with Gasteiger partial charge in [-0.25, -0.2) is 0 Å². The number of nitrogens with zero attached hydrogens (tertiary/aromatic N) is 1. The SMILES string of the molecule is COc1ccc(Cl)cc1CC(=O)N1CCC[C@H](C(=O)O)C1. The van der Waals surface area contributed by atoms with Gasteiger partial charge in [-0.3, -0.25) is 9.59 Å². The number of carboxylic acids is 1. The predicted octanol–water partition coefficient (Wildman–Crippen LogP) is 2.21. The van der Waals surface area contributed by atoms with Crippen LogP contribution in [0.3, 0.4) is 0 Å². The number of aliphatic carboxylic acids is 1. The van der Waals surface area contributed by atoms with Crippen molar-refractivity contribution < 1.29 is 19.4 Å². The van der Waals surface area contributed by atoms with Crippen LogP contribution < -0.4 is 4.74 Å². The molecule has 0 saturated carbocycles. The summed E-state index contributed by atoms with van der Waals surface area (Å²) in [6, 6.07) is 5.13. The van der Waals surface area contributed by atoms with Gasteiger partial charge in [0, 0.05) is 23.7 Å². The molecule has 5 nitrogen and oxygen atoms in total. The van der Waals surface area contributed by atoms with Gasteiger partial charge in [0.25, 0.3) is 0 Å². The molecular weight excluding hydrogens is 294 g/mol. The Labute approximate surface area is 128 Å². The molecule has 1 amide bonds. The Morgan fingerprint density at radius 1 is 1.48 bits per heavy atom. The Morgan fingerprint density at radius 3 is 2.90 bits per heavy atom. The molecule has 1 heterocycles. The number of amides is 1. The number of hydrogen-bond acceptors (Lipinski definition) is 3. The van der Waals surface area contributed by atoms with Crippen LogP contribution in [0.15, 0.2) is 18.2 Å². The quantitative estimate of drug-likeness (QED) is 0.926. The summed E-state index contributed by atoms with van der Waals surface area (Å²) >= 11 is 5.95. The van der Waals surface area contributed by atoms with E-state index in [9.17, 15) is 9.59 Å². The van der Waals surface area contributed by atoms with E-state index in [0.717, 1.165) is 6.42 Å². The van der Waals surface area contributed by atoms with Gasteiger partial charge in [-0.15, -0.1) is 0 Å². The van der Waals surface area contributed by atoms with Crippen molar-refractivity contribution in [3.05, 3.63) is 28.8 Å². The van der Waals surface area contributed by atoms with Crippen molar-refractivity contribution in [3.63, 3.8) is 0 Å². The van der Waals surface area contributed by atoms with E-state index in [1.54, 1.807) is 30.2 Å². The minimum Gasteiger partial charge on any atom is -0.496 e. The first-order valence-electron chi connectivity index (χ1n) is 6.84. The standard InChI is InChI=1S/C15H18ClNO4/c1-21-13-5-4-12(16)7-11(13)8-14(18)17-6-2-3-10(9-17)15(19)20/h4-5,7,10H,2-3,6,8-9H2,1H3,(H,19,20)/t10-/m0/s1. The minimum absolute atomic E-state index is 0.0958. The summed E-state index contributed by atoms with van der Waals surface area (Å²) < 4.78 is 5.22. The molecule has 0 unspecified atom stereocenters. The van der Waals surface area contributed by atoms with Gasteiger partial charge < -0.3 is 14.7 Å². The first-order valence-corrected chi connectivity index (χ1v) is 7.22. The van der Waals surface area contributed by atoms with Crippen LogP contribution in [-0.2, 0) is 16.0 Å². The summed E-state index contributed by atoms with van der Waals surface area (Å²) in [4.78, 5) is 25.0. The highest BCUT2D eigenvalue weighted by Crippen LogP contribution is 2.24. The van der Waals surface area contributed by atoms with Crippen LogP contribution in [0.4, 0.5) is 0 Å². The maximum Gasteiger partial charge on any atom is 0.308 e. The van der Waals surface area contributed by atoms with Crippen molar-refractivity contribution in [1.82, 2.24) is 4.90 Å². The number of likely N-dealkylation sites (tertiary alicyclic amines) is 1. The van der Waals surface area contributed by atoms with Crippen molar-refractivity contribution in [1.29, 1.82) is 0 Å². The van der Waals surface area contributed by atoms with E-state index < -0.39 is 11.9 Å². The van der Waals surface area contributed by atoms with E-state index in [1.807, 2.05) is 0 Å². The zero-order valence-electron chi connectivity index (χ0n) is 11.8. The van der Waals surface area contributed by atoms with E-state index in [4.69, 9.17) is 21.4 Å². The van der Waals surface area contributed by atoms with Crippen LogP contribution in [0.25, 0.3) is 0 Å². The van der Waals surface area contributed by atoms with E-state index >= 15 is 0 Å². The van der Waals surface area contributed by atoms with Gasteiger partial charge in [0.15, 0.2) is 0 Å². The third-order valence-electron chi connectivity index (χ3n) is 3.71. The molecule has 1 aromatic rings. The molecule has 1 N–H and O–H groups in total. The summed E-state index contributed by atoms with van der Waals surface area (Å²) in [7, 11) is 1.54. The van der Waals surface area contributed by atoms with Crippen molar-refractivity contribution >= 4 is 23.5 Å². The van der Waals surface area contributed by atoms with Crippen LogP contribution in [0.1, 0.15) is 18.4 Å². The third-order valence-corrected chi connectivity index (χ3v) is 3.94. The number of methoxy groups -OCH3 is 1. The molecule has 2 rings (SSSR count). The van der Waals surface area contributed by atoms with Crippen molar-refractivity contribution in [3.8, 4) is 5.75 Å². The van der Waals surface area contributed by atoms with Crippen LogP contribution >= 0.6 is 11.6 Å². The lowest BCUT2D eigenvalue weighted by Crippen LogP contribution is -2.43. The molecule has 1 aliphatic heterocycles. The van der Waals surface area contributed by atoms with Crippen LogP contribution in [0.5, 0.6) is 5.75 Å². The largest absolute Gasteiger partial charge is 0.496 e. The van der Waals surface area contributed by atoms with Gasteiger partial charge in [-0.05, 0) is 31.0 Å². The second kappa shape index (κ2) is 6.80. The number of rotatable bonds is 4.